The van der Waals surface area contributed by atoms with E-state index < -0.39 is 11.6 Å². The molecule has 33 heavy (non-hydrogen) atoms. The number of benzene rings is 2. The predicted molar refractivity (Wildman–Crippen MR) is 133 cm³/mol. The fraction of sp³-hybridized carbons (Fsp3) is 0.333. The van der Waals surface area contributed by atoms with Gasteiger partial charge < -0.3 is 14.3 Å². The summed E-state index contributed by atoms with van der Waals surface area (Å²) in [6.45, 7) is 11.1. The molecule has 0 saturated heterocycles. The van der Waals surface area contributed by atoms with Gasteiger partial charge in [0.2, 0.25) is 0 Å². The Balaban J connectivity index is 1.84. The highest BCUT2D eigenvalue weighted by Gasteiger charge is 2.30. The minimum Gasteiger partial charge on any atom is -0.478 e. The summed E-state index contributed by atoms with van der Waals surface area (Å²) < 4.78 is 11.4. The second kappa shape index (κ2) is 9.87. The van der Waals surface area contributed by atoms with Gasteiger partial charge in [-0.1, -0.05) is 19.9 Å². The summed E-state index contributed by atoms with van der Waals surface area (Å²) in [7, 11) is 0. The Labute approximate surface area is 198 Å². The maximum atomic E-state index is 13.0. The Morgan fingerprint density at radius 2 is 1.82 bits per heavy atom. The minimum absolute atomic E-state index is 0.141. The van der Waals surface area contributed by atoms with Crippen molar-refractivity contribution in [2.75, 3.05) is 5.75 Å². The highest BCUT2D eigenvalue weighted by Crippen LogP contribution is 2.33. The van der Waals surface area contributed by atoms with Crippen LogP contribution in [0.2, 0.25) is 0 Å². The van der Waals surface area contributed by atoms with Crippen LogP contribution in [0.25, 0.3) is 17.0 Å². The lowest BCUT2D eigenvalue weighted by Gasteiger charge is -2.24. The molecular weight excluding hydrogens is 436 g/mol. The zero-order chi connectivity index (χ0) is 24.3. The lowest BCUT2D eigenvalue weighted by molar-refractivity contribution is -0.152. The number of carbonyl (C=O) groups is 2. The molecule has 1 heterocycles. The zero-order valence-corrected chi connectivity index (χ0v) is 20.7. The van der Waals surface area contributed by atoms with Gasteiger partial charge in [0, 0.05) is 16.0 Å². The molecule has 5 nitrogen and oxygen atoms in total. The van der Waals surface area contributed by atoms with Crippen molar-refractivity contribution in [2.45, 2.75) is 52.0 Å². The summed E-state index contributed by atoms with van der Waals surface area (Å²) >= 11 is 1.77. The second-order valence-corrected chi connectivity index (χ2v) is 10.1. The van der Waals surface area contributed by atoms with E-state index in [9.17, 15) is 14.7 Å². The van der Waals surface area contributed by atoms with Gasteiger partial charge in [-0.05, 0) is 86.7 Å². The van der Waals surface area contributed by atoms with E-state index in [1.807, 2.05) is 44.2 Å². The fourth-order valence-corrected chi connectivity index (χ4v) is 4.41. The van der Waals surface area contributed by atoms with Gasteiger partial charge in [-0.25, -0.2) is 4.79 Å². The molecular formula is C27H30O5S. The molecule has 1 aromatic heterocycles. The fourth-order valence-electron chi connectivity index (χ4n) is 3.41. The Kier molecular flexibility index (Phi) is 7.38. The van der Waals surface area contributed by atoms with Crippen LogP contribution in [0.4, 0.5) is 0 Å². The number of hydrogen-bond acceptors (Lipinski definition) is 5. The van der Waals surface area contributed by atoms with Gasteiger partial charge in [0.1, 0.15) is 11.3 Å². The van der Waals surface area contributed by atoms with E-state index in [1.165, 1.54) is 19.9 Å². The van der Waals surface area contributed by atoms with Crippen molar-refractivity contribution in [3.05, 3.63) is 64.9 Å². The largest absolute Gasteiger partial charge is 0.478 e. The quantitative estimate of drug-likeness (QED) is 0.209. The van der Waals surface area contributed by atoms with Crippen LogP contribution < -0.4 is 4.74 Å². The average Bonchev–Trinajstić information content (AvgIpc) is 3.22. The first kappa shape index (κ1) is 24.6. The molecule has 0 aliphatic rings. The van der Waals surface area contributed by atoms with Crippen LogP contribution in [0.5, 0.6) is 5.75 Å². The van der Waals surface area contributed by atoms with Crippen LogP contribution in [0.1, 0.15) is 54.7 Å². The molecule has 0 atom stereocenters. The van der Waals surface area contributed by atoms with E-state index in [-0.39, 0.29) is 5.78 Å². The summed E-state index contributed by atoms with van der Waals surface area (Å²) in [4.78, 5) is 25.5. The zero-order valence-electron chi connectivity index (χ0n) is 19.9. The number of aliphatic carboxylic acids is 1. The molecule has 0 spiro atoms. The van der Waals surface area contributed by atoms with Crippen molar-refractivity contribution in [2.24, 2.45) is 5.92 Å². The number of fused-ring (bicyclic) bond motifs is 1. The van der Waals surface area contributed by atoms with E-state index in [4.69, 9.17) is 9.15 Å². The molecule has 0 saturated carbocycles. The number of furan rings is 1. The first-order valence-electron chi connectivity index (χ1n) is 10.9. The number of carbonyl (C=O) groups excluding carboxylic acids is 1. The first-order chi connectivity index (χ1) is 15.5. The van der Waals surface area contributed by atoms with Crippen molar-refractivity contribution in [3.63, 3.8) is 0 Å². The van der Waals surface area contributed by atoms with Crippen molar-refractivity contribution < 1.29 is 23.8 Å². The van der Waals surface area contributed by atoms with Gasteiger partial charge in [-0.15, -0.1) is 11.8 Å². The number of ketones is 1. The first-order valence-corrected chi connectivity index (χ1v) is 11.9. The van der Waals surface area contributed by atoms with Crippen LogP contribution >= 0.6 is 11.8 Å². The van der Waals surface area contributed by atoms with Gasteiger partial charge >= 0.3 is 5.97 Å². The van der Waals surface area contributed by atoms with Crippen LogP contribution in [0, 0.1) is 19.8 Å². The van der Waals surface area contributed by atoms with Crippen molar-refractivity contribution in [1.82, 2.24) is 0 Å². The van der Waals surface area contributed by atoms with Crippen LogP contribution in [-0.2, 0) is 4.79 Å². The average molecular weight is 467 g/mol. The van der Waals surface area contributed by atoms with E-state index >= 15 is 0 Å². The molecule has 3 rings (SSSR count). The highest BCUT2D eigenvalue weighted by molar-refractivity contribution is 7.99. The number of aryl methyl sites for hydroxylation is 2. The molecule has 174 valence electrons. The summed E-state index contributed by atoms with van der Waals surface area (Å²) in [6, 6.07) is 9.46. The second-order valence-electron chi connectivity index (χ2n) is 9.08. The molecule has 0 bridgehead atoms. The van der Waals surface area contributed by atoms with Crippen molar-refractivity contribution in [3.8, 4) is 5.75 Å². The van der Waals surface area contributed by atoms with E-state index in [0.717, 1.165) is 32.7 Å². The number of rotatable bonds is 9. The molecule has 6 heteroatoms. The SMILES string of the molecule is Cc1cc(/C=C/C(=O)c2ccc(SCC(C)C)c3ccoc23)cc(C)c1OC(C)(C)C(=O)O. The lowest BCUT2D eigenvalue weighted by Crippen LogP contribution is -2.38. The van der Waals surface area contributed by atoms with Crippen molar-refractivity contribution in [1.29, 1.82) is 0 Å². The molecule has 0 unspecified atom stereocenters. The third-order valence-corrected chi connectivity index (χ3v) is 6.70. The van der Waals surface area contributed by atoms with Gasteiger partial charge in [0.05, 0.1) is 11.8 Å². The summed E-state index contributed by atoms with van der Waals surface area (Å²) in [5, 5.41) is 10.3. The standard InChI is InChI=1S/C27H30O5S/c1-16(2)15-33-23-10-8-20(25-21(23)11-12-31-25)22(28)9-7-19-13-17(3)24(18(4)14-19)32-27(5,6)26(29)30/h7-14,16H,15H2,1-6H3,(H,29,30)/b9-7+. The highest BCUT2D eigenvalue weighted by atomic mass is 32.2. The molecule has 3 aromatic rings. The van der Waals surface area contributed by atoms with Gasteiger partial charge in [0.25, 0.3) is 0 Å². The predicted octanol–water partition coefficient (Wildman–Crippen LogP) is 6.94. The van der Waals surface area contributed by atoms with Crippen LogP contribution in [0.3, 0.4) is 0 Å². The van der Waals surface area contributed by atoms with Gasteiger partial charge in [-0.3, -0.25) is 4.79 Å². The molecule has 0 aliphatic heterocycles. The van der Waals surface area contributed by atoms with Crippen LogP contribution in [-0.4, -0.2) is 28.2 Å². The number of carboxylic acid groups (broad SMARTS) is 1. The third-order valence-electron chi connectivity index (χ3n) is 5.20. The number of allylic oxidation sites excluding steroid dienone is 1. The molecule has 0 radical (unpaired) electrons. The minimum atomic E-state index is -1.34. The maximum absolute atomic E-state index is 13.0. The number of carboxylic acids is 1. The number of ether oxygens (including phenoxy) is 1. The smallest absolute Gasteiger partial charge is 0.347 e. The van der Waals surface area contributed by atoms with Crippen molar-refractivity contribution >= 4 is 40.6 Å². The van der Waals surface area contributed by atoms with Gasteiger partial charge in [-0.2, -0.15) is 0 Å². The third kappa shape index (κ3) is 5.69. The molecule has 2 aromatic carbocycles. The normalized spacial score (nSPS) is 12.1. The number of thioether (sulfide) groups is 1. The Hall–Kier alpha value is -2.99. The van der Waals surface area contributed by atoms with Gasteiger partial charge in [0.15, 0.2) is 11.4 Å². The Morgan fingerprint density at radius 3 is 2.42 bits per heavy atom. The topological polar surface area (TPSA) is 76.7 Å². The van der Waals surface area contributed by atoms with Crippen LogP contribution in [0.15, 0.2) is 52.0 Å². The molecule has 1 N–H and O–H groups in total. The van der Waals surface area contributed by atoms with E-state index in [0.29, 0.717) is 22.8 Å². The summed E-state index contributed by atoms with van der Waals surface area (Å²) in [5.74, 6) is 0.930. The van der Waals surface area contributed by atoms with E-state index in [2.05, 4.69) is 13.8 Å². The lowest BCUT2D eigenvalue weighted by atomic mass is 10.0. The molecule has 0 fully saturated rings. The summed E-state index contributed by atoms with van der Waals surface area (Å²) in [6.07, 6.45) is 4.91. The number of hydrogen-bond donors (Lipinski definition) is 1. The maximum Gasteiger partial charge on any atom is 0.347 e. The monoisotopic (exact) mass is 466 g/mol. The Bertz CT molecular complexity index is 1190. The van der Waals surface area contributed by atoms with E-state index in [1.54, 1.807) is 24.1 Å². The molecule has 0 aliphatic carbocycles. The molecule has 0 amide bonds. The summed E-state index contributed by atoms with van der Waals surface area (Å²) in [5.41, 5.74) is 2.23. The Morgan fingerprint density at radius 1 is 1.15 bits per heavy atom.